The van der Waals surface area contributed by atoms with Crippen LogP contribution in [0.2, 0.25) is 0 Å². The number of hydrogen-bond acceptors (Lipinski definition) is 5. The molecule has 0 saturated carbocycles. The molecule has 2 aliphatic heterocycles. The van der Waals surface area contributed by atoms with Gasteiger partial charge in [-0.3, -0.25) is 4.79 Å². The molecular weight excluding hydrogens is 536 g/mol. The smallest absolute Gasteiger partial charge is 0.340 e. The molecule has 2 aliphatic rings. The Morgan fingerprint density at radius 1 is 0.767 bits per heavy atom. The molecule has 7 rings (SSSR count). The van der Waals surface area contributed by atoms with Crippen molar-refractivity contribution in [3.8, 4) is 11.5 Å². The molecule has 2 heterocycles. The molecule has 0 fully saturated rings. The van der Waals surface area contributed by atoms with Crippen molar-refractivity contribution >= 4 is 28.9 Å². The zero-order valence-electron chi connectivity index (χ0n) is 24.2. The highest BCUT2D eigenvalue weighted by molar-refractivity contribution is 6.07. The third kappa shape index (κ3) is 4.17. The van der Waals surface area contributed by atoms with E-state index >= 15 is 0 Å². The zero-order chi connectivity index (χ0) is 29.7. The van der Waals surface area contributed by atoms with Gasteiger partial charge >= 0.3 is 5.97 Å². The van der Waals surface area contributed by atoms with E-state index in [4.69, 9.17) is 9.47 Å². The molecular formula is C37H30N2O4. The number of nitrogens with one attached hydrogen (secondary N) is 1. The molecule has 212 valence electrons. The van der Waals surface area contributed by atoms with Gasteiger partial charge in [-0.15, -0.1) is 0 Å². The second kappa shape index (κ2) is 10.2. The summed E-state index contributed by atoms with van der Waals surface area (Å²) in [6.07, 6.45) is 0. The lowest BCUT2D eigenvalue weighted by molar-refractivity contribution is 0.0224. The highest BCUT2D eigenvalue weighted by atomic mass is 16.6. The molecule has 0 aliphatic carbocycles. The molecule has 0 bridgehead atoms. The standard InChI is InChI=1S/C37H30N2O4/c1-4-39(35(40)27-15-9-8-12-23(27)2)26-18-19-30-34(21-26)42-33-20-24(3)32(38-25-13-6-5-7-14-25)22-31(33)37(30)29-17-11-10-16-28(29)36(41)43-37/h5-22,38H,4H2,1-3H3. The Labute approximate surface area is 250 Å². The van der Waals surface area contributed by atoms with Crippen LogP contribution in [0, 0.1) is 13.8 Å². The lowest BCUT2D eigenvalue weighted by Gasteiger charge is -2.37. The van der Waals surface area contributed by atoms with Crippen LogP contribution in [-0.4, -0.2) is 18.4 Å². The van der Waals surface area contributed by atoms with Gasteiger partial charge in [-0.1, -0.05) is 54.6 Å². The van der Waals surface area contributed by atoms with E-state index in [9.17, 15) is 9.59 Å². The molecule has 6 nitrogen and oxygen atoms in total. The van der Waals surface area contributed by atoms with E-state index < -0.39 is 5.60 Å². The summed E-state index contributed by atoms with van der Waals surface area (Å²) < 4.78 is 13.0. The van der Waals surface area contributed by atoms with Gasteiger partial charge in [0.25, 0.3) is 5.91 Å². The van der Waals surface area contributed by atoms with Gasteiger partial charge in [-0.2, -0.15) is 0 Å². The second-order valence-electron chi connectivity index (χ2n) is 10.9. The predicted octanol–water partition coefficient (Wildman–Crippen LogP) is 8.28. The first-order valence-corrected chi connectivity index (χ1v) is 14.4. The fraction of sp³-hybridized carbons (Fsp3) is 0.135. The number of carbonyl (C=O) groups excluding carboxylic acids is 2. The number of rotatable bonds is 5. The van der Waals surface area contributed by atoms with E-state index in [1.807, 2.05) is 124 Å². The van der Waals surface area contributed by atoms with Crippen LogP contribution in [0.1, 0.15) is 55.5 Å². The fourth-order valence-corrected chi connectivity index (χ4v) is 6.19. The minimum absolute atomic E-state index is 0.0865. The van der Waals surface area contributed by atoms with Crippen LogP contribution >= 0.6 is 0 Å². The summed E-state index contributed by atoms with van der Waals surface area (Å²) in [4.78, 5) is 28.8. The van der Waals surface area contributed by atoms with E-state index in [0.717, 1.165) is 33.6 Å². The molecule has 1 spiro atoms. The third-order valence-electron chi connectivity index (χ3n) is 8.34. The van der Waals surface area contributed by atoms with Crippen molar-refractivity contribution in [3.63, 3.8) is 0 Å². The first-order chi connectivity index (χ1) is 20.9. The molecule has 0 saturated heterocycles. The largest absolute Gasteiger partial charge is 0.456 e. The van der Waals surface area contributed by atoms with Gasteiger partial charge in [0, 0.05) is 51.9 Å². The Morgan fingerprint density at radius 2 is 1.49 bits per heavy atom. The Balaban J connectivity index is 1.39. The summed E-state index contributed by atoms with van der Waals surface area (Å²) in [5, 5.41) is 3.51. The molecule has 1 N–H and O–H groups in total. The Hall–Kier alpha value is -5.36. The second-order valence-corrected chi connectivity index (χ2v) is 10.9. The van der Waals surface area contributed by atoms with E-state index in [1.165, 1.54) is 0 Å². The average molecular weight is 567 g/mol. The van der Waals surface area contributed by atoms with E-state index in [-0.39, 0.29) is 11.9 Å². The van der Waals surface area contributed by atoms with Gasteiger partial charge < -0.3 is 19.7 Å². The minimum Gasteiger partial charge on any atom is -0.456 e. The van der Waals surface area contributed by atoms with Gasteiger partial charge in [0.1, 0.15) is 11.5 Å². The van der Waals surface area contributed by atoms with Crippen molar-refractivity contribution in [2.24, 2.45) is 0 Å². The fourth-order valence-electron chi connectivity index (χ4n) is 6.19. The molecule has 1 amide bonds. The Kier molecular flexibility index (Phi) is 6.28. The summed E-state index contributed by atoms with van der Waals surface area (Å²) in [6.45, 7) is 6.38. The molecule has 6 heteroatoms. The highest BCUT2D eigenvalue weighted by Gasteiger charge is 2.53. The molecule has 1 atom stereocenters. The maximum atomic E-state index is 13.7. The van der Waals surface area contributed by atoms with Crippen LogP contribution < -0.4 is 15.0 Å². The van der Waals surface area contributed by atoms with Gasteiger partial charge in [0.2, 0.25) is 0 Å². The molecule has 0 radical (unpaired) electrons. The third-order valence-corrected chi connectivity index (χ3v) is 8.34. The molecule has 43 heavy (non-hydrogen) atoms. The average Bonchev–Trinajstić information content (AvgIpc) is 3.31. The Bertz CT molecular complexity index is 1920. The number of amides is 1. The number of esters is 1. The number of nitrogens with zero attached hydrogens (tertiary/aromatic N) is 1. The number of fused-ring (bicyclic) bond motifs is 6. The number of benzene rings is 5. The first kappa shape index (κ1) is 26.5. The SMILES string of the molecule is CCN(C(=O)c1ccccc1C)c1ccc2c(c1)Oc1cc(C)c(Nc3ccccc3)cc1C21OC(=O)c2ccccc21. The van der Waals surface area contributed by atoms with E-state index in [0.29, 0.717) is 40.4 Å². The topological polar surface area (TPSA) is 67.9 Å². The van der Waals surface area contributed by atoms with Gasteiger partial charge in [-0.05, 0) is 80.4 Å². The van der Waals surface area contributed by atoms with Crippen LogP contribution in [0.3, 0.4) is 0 Å². The molecule has 0 aromatic heterocycles. The first-order valence-electron chi connectivity index (χ1n) is 14.4. The maximum Gasteiger partial charge on any atom is 0.340 e. The number of aryl methyl sites for hydroxylation is 2. The molecule has 5 aromatic rings. The van der Waals surface area contributed by atoms with Crippen molar-refractivity contribution in [1.82, 2.24) is 0 Å². The summed E-state index contributed by atoms with van der Waals surface area (Å²) in [7, 11) is 0. The van der Waals surface area contributed by atoms with Crippen LogP contribution in [0.15, 0.2) is 109 Å². The lowest BCUT2D eigenvalue weighted by Crippen LogP contribution is -2.34. The quantitative estimate of drug-likeness (QED) is 0.217. The summed E-state index contributed by atoms with van der Waals surface area (Å²) in [5.41, 5.74) is 6.57. The van der Waals surface area contributed by atoms with Crippen LogP contribution in [0.25, 0.3) is 0 Å². The monoisotopic (exact) mass is 566 g/mol. The predicted molar refractivity (Wildman–Crippen MR) is 168 cm³/mol. The minimum atomic E-state index is -1.22. The maximum absolute atomic E-state index is 13.7. The van der Waals surface area contributed by atoms with Gasteiger partial charge in [0.15, 0.2) is 5.60 Å². The van der Waals surface area contributed by atoms with Crippen molar-refractivity contribution in [2.75, 3.05) is 16.8 Å². The van der Waals surface area contributed by atoms with Gasteiger partial charge in [-0.25, -0.2) is 4.79 Å². The van der Waals surface area contributed by atoms with Crippen molar-refractivity contribution in [1.29, 1.82) is 0 Å². The highest BCUT2D eigenvalue weighted by Crippen LogP contribution is 2.57. The van der Waals surface area contributed by atoms with E-state index in [2.05, 4.69) is 5.32 Å². The number of anilines is 3. The van der Waals surface area contributed by atoms with E-state index in [1.54, 1.807) is 11.0 Å². The zero-order valence-corrected chi connectivity index (χ0v) is 24.2. The normalized spacial score (nSPS) is 16.0. The number of para-hydroxylation sites is 1. The van der Waals surface area contributed by atoms with Crippen LogP contribution in [-0.2, 0) is 10.3 Å². The Morgan fingerprint density at radius 3 is 2.28 bits per heavy atom. The number of carbonyl (C=O) groups is 2. The number of hydrogen-bond donors (Lipinski definition) is 1. The molecule has 5 aromatic carbocycles. The van der Waals surface area contributed by atoms with Crippen LogP contribution in [0.4, 0.5) is 17.1 Å². The summed E-state index contributed by atoms with van der Waals surface area (Å²) >= 11 is 0. The molecule has 1 unspecified atom stereocenters. The van der Waals surface area contributed by atoms with Crippen molar-refractivity contribution in [3.05, 3.63) is 148 Å². The lowest BCUT2D eigenvalue weighted by atomic mass is 9.77. The van der Waals surface area contributed by atoms with Crippen LogP contribution in [0.5, 0.6) is 11.5 Å². The van der Waals surface area contributed by atoms with Crippen molar-refractivity contribution < 1.29 is 19.1 Å². The summed E-state index contributed by atoms with van der Waals surface area (Å²) in [5.74, 6) is 0.658. The number of ether oxygens (including phenoxy) is 2. The van der Waals surface area contributed by atoms with Crippen molar-refractivity contribution in [2.45, 2.75) is 26.4 Å². The van der Waals surface area contributed by atoms with Gasteiger partial charge in [0.05, 0.1) is 5.56 Å². The summed E-state index contributed by atoms with van der Waals surface area (Å²) in [6, 6.07) is 34.7.